The van der Waals surface area contributed by atoms with Gasteiger partial charge in [-0.3, -0.25) is 0 Å². The molecule has 4 nitrogen and oxygen atoms in total. The molecule has 2 aliphatic carbocycles. The van der Waals surface area contributed by atoms with E-state index in [-0.39, 0.29) is 0 Å². The van der Waals surface area contributed by atoms with Gasteiger partial charge < -0.3 is 8.98 Å². The van der Waals surface area contributed by atoms with E-state index >= 15 is 0 Å². The van der Waals surface area contributed by atoms with Crippen LogP contribution in [-0.4, -0.2) is 14.5 Å². The molecular formula is C59H35N3O. The summed E-state index contributed by atoms with van der Waals surface area (Å²) in [5.74, 6) is 0.660. The standard InChI is InChI=1S/C59H35N3O/c1-2-15-36(16-3-1)51-35-52(37-29-30-44-43-22-8-13-28-54(43)63-55(44)34-37)61-58(60-51)38-17-14-18-39(33-38)62-53-27-12-7-21-42(53)45-31-32-50-56(57(45)62)46-23-6-11-26-49(46)59(50)47-24-9-4-19-40(47)41-20-5-10-25-48(41)59/h1-35H. The monoisotopic (exact) mass is 801 g/mol. The van der Waals surface area contributed by atoms with Gasteiger partial charge in [-0.25, -0.2) is 9.97 Å². The smallest absolute Gasteiger partial charge is 0.160 e. The van der Waals surface area contributed by atoms with Crippen LogP contribution in [0.5, 0.6) is 0 Å². The Hall–Kier alpha value is -8.34. The summed E-state index contributed by atoms with van der Waals surface area (Å²) in [5, 5.41) is 4.65. The fraction of sp³-hybridized carbons (Fsp3) is 0.0169. The van der Waals surface area contributed by atoms with Crippen LogP contribution < -0.4 is 0 Å². The number of hydrogen-bond donors (Lipinski definition) is 0. The van der Waals surface area contributed by atoms with Crippen molar-refractivity contribution in [3.8, 4) is 61.8 Å². The summed E-state index contributed by atoms with van der Waals surface area (Å²) in [6.45, 7) is 0. The van der Waals surface area contributed by atoms with Crippen LogP contribution in [0.4, 0.5) is 0 Å². The zero-order chi connectivity index (χ0) is 41.2. The van der Waals surface area contributed by atoms with Gasteiger partial charge in [-0.1, -0.05) is 170 Å². The average Bonchev–Trinajstić information content (AvgIpc) is 4.08. The number of aromatic nitrogens is 3. The third-order valence-corrected chi connectivity index (χ3v) is 13.6. The van der Waals surface area contributed by atoms with Gasteiger partial charge in [-0.05, 0) is 81.4 Å². The first-order chi connectivity index (χ1) is 31.2. The van der Waals surface area contributed by atoms with Crippen molar-refractivity contribution in [2.45, 2.75) is 5.41 Å². The fourth-order valence-corrected chi connectivity index (χ4v) is 11.0. The van der Waals surface area contributed by atoms with Gasteiger partial charge in [0.15, 0.2) is 5.82 Å². The van der Waals surface area contributed by atoms with E-state index < -0.39 is 5.41 Å². The number of furan rings is 1. The molecule has 0 radical (unpaired) electrons. The van der Waals surface area contributed by atoms with Crippen molar-refractivity contribution in [3.63, 3.8) is 0 Å². The Morgan fingerprint density at radius 1 is 0.381 bits per heavy atom. The molecule has 0 amide bonds. The van der Waals surface area contributed by atoms with Crippen LogP contribution in [0.25, 0.3) is 106 Å². The molecule has 9 aromatic carbocycles. The lowest BCUT2D eigenvalue weighted by Gasteiger charge is -2.30. The molecule has 0 atom stereocenters. The molecule has 0 fully saturated rings. The van der Waals surface area contributed by atoms with Crippen LogP contribution in [-0.2, 0) is 5.41 Å². The molecule has 63 heavy (non-hydrogen) atoms. The summed E-state index contributed by atoms with van der Waals surface area (Å²) in [6, 6.07) is 76.5. The maximum Gasteiger partial charge on any atom is 0.160 e. The average molecular weight is 802 g/mol. The van der Waals surface area contributed by atoms with Gasteiger partial charge in [0.25, 0.3) is 0 Å². The second-order valence-electron chi connectivity index (χ2n) is 16.8. The van der Waals surface area contributed by atoms with E-state index in [9.17, 15) is 0 Å². The molecule has 12 aromatic rings. The van der Waals surface area contributed by atoms with Gasteiger partial charge in [0.2, 0.25) is 0 Å². The van der Waals surface area contributed by atoms with Gasteiger partial charge >= 0.3 is 0 Å². The number of fused-ring (bicyclic) bond motifs is 17. The fourth-order valence-electron chi connectivity index (χ4n) is 11.0. The van der Waals surface area contributed by atoms with Crippen molar-refractivity contribution in [2.24, 2.45) is 0 Å². The van der Waals surface area contributed by atoms with Gasteiger partial charge in [0.05, 0.1) is 27.8 Å². The number of nitrogens with zero attached hydrogens (tertiary/aromatic N) is 3. The zero-order valence-corrected chi connectivity index (χ0v) is 34.0. The number of para-hydroxylation sites is 2. The topological polar surface area (TPSA) is 43.9 Å². The first kappa shape index (κ1) is 34.4. The summed E-state index contributed by atoms with van der Waals surface area (Å²) < 4.78 is 8.82. The highest BCUT2D eigenvalue weighted by molar-refractivity contribution is 6.16. The molecule has 0 saturated carbocycles. The predicted octanol–water partition coefficient (Wildman–Crippen LogP) is 14.8. The van der Waals surface area contributed by atoms with E-state index in [1.165, 1.54) is 60.8 Å². The number of rotatable bonds is 4. The maximum atomic E-state index is 6.34. The van der Waals surface area contributed by atoms with Crippen molar-refractivity contribution in [2.75, 3.05) is 0 Å². The highest BCUT2D eigenvalue weighted by atomic mass is 16.3. The largest absolute Gasteiger partial charge is 0.456 e. The molecule has 14 rings (SSSR count). The van der Waals surface area contributed by atoms with E-state index in [0.717, 1.165) is 61.2 Å². The highest BCUT2D eigenvalue weighted by Gasteiger charge is 2.52. The first-order valence-corrected chi connectivity index (χ1v) is 21.6. The second kappa shape index (κ2) is 12.8. The van der Waals surface area contributed by atoms with Gasteiger partial charge in [-0.15, -0.1) is 0 Å². The Morgan fingerprint density at radius 3 is 1.78 bits per heavy atom. The quantitative estimate of drug-likeness (QED) is 0.178. The minimum Gasteiger partial charge on any atom is -0.456 e. The Kier molecular flexibility index (Phi) is 7.01. The Labute approximate surface area is 363 Å². The van der Waals surface area contributed by atoms with Crippen LogP contribution in [0.15, 0.2) is 217 Å². The Balaban J connectivity index is 1.01. The maximum absolute atomic E-state index is 6.34. The molecule has 0 N–H and O–H groups in total. The molecule has 0 bridgehead atoms. The molecular weight excluding hydrogens is 767 g/mol. The van der Waals surface area contributed by atoms with Gasteiger partial charge in [0.1, 0.15) is 11.2 Å². The van der Waals surface area contributed by atoms with Crippen molar-refractivity contribution >= 4 is 43.7 Å². The molecule has 292 valence electrons. The van der Waals surface area contributed by atoms with Crippen molar-refractivity contribution < 1.29 is 4.42 Å². The van der Waals surface area contributed by atoms with E-state index in [1.807, 2.05) is 18.2 Å². The number of benzene rings is 9. The molecule has 3 aromatic heterocycles. The lowest BCUT2D eigenvalue weighted by atomic mass is 9.70. The minimum absolute atomic E-state index is 0.441. The van der Waals surface area contributed by atoms with Crippen LogP contribution in [0, 0.1) is 0 Å². The molecule has 0 aliphatic heterocycles. The molecule has 1 spiro atoms. The SMILES string of the molecule is c1ccc(-c2cc(-c3ccc4c(c3)oc3ccccc34)nc(-c3cccc(-n4c5ccccc5c5ccc6c(c54)-c4ccccc4C64c5ccccc5-c5ccccc54)c3)n2)cc1. The Bertz CT molecular complexity index is 3830. The highest BCUT2D eigenvalue weighted by Crippen LogP contribution is 2.64. The van der Waals surface area contributed by atoms with Crippen molar-refractivity contribution in [3.05, 3.63) is 235 Å². The first-order valence-electron chi connectivity index (χ1n) is 21.6. The molecule has 0 saturated heterocycles. The van der Waals surface area contributed by atoms with Crippen LogP contribution in [0.3, 0.4) is 0 Å². The summed E-state index contributed by atoms with van der Waals surface area (Å²) in [7, 11) is 0. The van der Waals surface area contributed by atoms with E-state index in [2.05, 4.69) is 199 Å². The Morgan fingerprint density at radius 2 is 0.984 bits per heavy atom. The van der Waals surface area contributed by atoms with E-state index in [4.69, 9.17) is 14.4 Å². The second-order valence-corrected chi connectivity index (χ2v) is 16.8. The lowest BCUT2D eigenvalue weighted by molar-refractivity contribution is 0.669. The molecule has 3 heterocycles. The third-order valence-electron chi connectivity index (χ3n) is 13.6. The van der Waals surface area contributed by atoms with Gasteiger partial charge in [0, 0.05) is 49.5 Å². The molecule has 0 unspecified atom stereocenters. The normalized spacial score (nSPS) is 13.2. The minimum atomic E-state index is -0.441. The zero-order valence-electron chi connectivity index (χ0n) is 34.0. The number of hydrogen-bond acceptors (Lipinski definition) is 3. The van der Waals surface area contributed by atoms with Gasteiger partial charge in [-0.2, -0.15) is 0 Å². The van der Waals surface area contributed by atoms with E-state index in [0.29, 0.717) is 5.82 Å². The van der Waals surface area contributed by atoms with Crippen LogP contribution in [0.1, 0.15) is 22.3 Å². The molecule has 4 heteroatoms. The summed E-state index contributed by atoms with van der Waals surface area (Å²) in [5.41, 5.74) is 19.8. The molecule has 2 aliphatic rings. The summed E-state index contributed by atoms with van der Waals surface area (Å²) in [4.78, 5) is 10.6. The summed E-state index contributed by atoms with van der Waals surface area (Å²) in [6.07, 6.45) is 0. The van der Waals surface area contributed by atoms with Crippen molar-refractivity contribution in [1.82, 2.24) is 14.5 Å². The van der Waals surface area contributed by atoms with Crippen LogP contribution >= 0.6 is 0 Å². The summed E-state index contributed by atoms with van der Waals surface area (Å²) >= 11 is 0. The van der Waals surface area contributed by atoms with Crippen molar-refractivity contribution in [1.29, 1.82) is 0 Å². The predicted molar refractivity (Wildman–Crippen MR) is 256 cm³/mol. The van der Waals surface area contributed by atoms with E-state index in [1.54, 1.807) is 0 Å². The van der Waals surface area contributed by atoms with Crippen LogP contribution in [0.2, 0.25) is 0 Å². The lowest BCUT2D eigenvalue weighted by Crippen LogP contribution is -2.25. The third kappa shape index (κ3) is 4.69.